The predicted octanol–water partition coefficient (Wildman–Crippen LogP) is 2.37. The first-order valence-corrected chi connectivity index (χ1v) is 6.92. The first-order valence-electron chi connectivity index (χ1n) is 6.92. The van der Waals surface area contributed by atoms with E-state index in [4.69, 9.17) is 11.8 Å². The Labute approximate surface area is 102 Å². The summed E-state index contributed by atoms with van der Waals surface area (Å²) >= 11 is 0. The molecular formula is C14H28N2. The van der Waals surface area contributed by atoms with Crippen molar-refractivity contribution in [3.05, 3.63) is 6.57 Å². The van der Waals surface area contributed by atoms with Gasteiger partial charge in [-0.1, -0.05) is 39.5 Å². The summed E-state index contributed by atoms with van der Waals surface area (Å²) in [6, 6.07) is 0. The predicted molar refractivity (Wildman–Crippen MR) is 67.7 cm³/mol. The minimum Gasteiger partial charge on any atom is -0.512 e. The SMILES string of the molecule is CCCCC1CC[NH+](CCCC)CC1.[C-]#N. The van der Waals surface area contributed by atoms with Crippen LogP contribution in [0.25, 0.3) is 0 Å². The maximum Gasteiger partial charge on any atom is 0.0773 e. The Morgan fingerprint density at radius 1 is 1.06 bits per heavy atom. The third-order valence-electron chi connectivity index (χ3n) is 3.66. The number of nitrogens with one attached hydrogen (secondary N) is 1. The second-order valence-corrected chi connectivity index (χ2v) is 4.94. The van der Waals surface area contributed by atoms with E-state index < -0.39 is 0 Å². The van der Waals surface area contributed by atoms with Crippen molar-refractivity contribution in [3.63, 3.8) is 0 Å². The van der Waals surface area contributed by atoms with Crippen molar-refractivity contribution >= 4 is 0 Å². The van der Waals surface area contributed by atoms with Gasteiger partial charge in [0.2, 0.25) is 0 Å². The molecule has 1 heterocycles. The van der Waals surface area contributed by atoms with Crippen LogP contribution in [0.1, 0.15) is 58.8 Å². The van der Waals surface area contributed by atoms with Crippen molar-refractivity contribution < 1.29 is 4.90 Å². The molecule has 0 amide bonds. The fraction of sp³-hybridized carbons (Fsp3) is 0.929. The molecule has 0 aromatic rings. The lowest BCUT2D eigenvalue weighted by atomic mass is 9.91. The van der Waals surface area contributed by atoms with Crippen LogP contribution in [0.3, 0.4) is 0 Å². The molecule has 0 aromatic carbocycles. The van der Waals surface area contributed by atoms with Crippen molar-refractivity contribution in [1.29, 1.82) is 5.26 Å². The van der Waals surface area contributed by atoms with Crippen LogP contribution in [0.5, 0.6) is 0 Å². The molecule has 0 aliphatic carbocycles. The molecule has 0 radical (unpaired) electrons. The van der Waals surface area contributed by atoms with Gasteiger partial charge in [0.05, 0.1) is 19.6 Å². The summed E-state index contributed by atoms with van der Waals surface area (Å²) in [6.07, 6.45) is 10.1. The van der Waals surface area contributed by atoms with E-state index in [0.29, 0.717) is 0 Å². The number of quaternary nitrogens is 1. The quantitative estimate of drug-likeness (QED) is 0.689. The molecule has 1 N–H and O–H groups in total. The van der Waals surface area contributed by atoms with Gasteiger partial charge in [-0.15, -0.1) is 0 Å². The van der Waals surface area contributed by atoms with Gasteiger partial charge in [0.15, 0.2) is 0 Å². The topological polar surface area (TPSA) is 28.2 Å². The van der Waals surface area contributed by atoms with E-state index in [-0.39, 0.29) is 0 Å². The highest BCUT2D eigenvalue weighted by Crippen LogP contribution is 2.16. The largest absolute Gasteiger partial charge is 0.512 e. The van der Waals surface area contributed by atoms with Crippen LogP contribution in [-0.2, 0) is 0 Å². The molecule has 94 valence electrons. The molecule has 2 heteroatoms. The summed E-state index contributed by atoms with van der Waals surface area (Å²) in [5, 5.41) is 6.25. The summed E-state index contributed by atoms with van der Waals surface area (Å²) in [7, 11) is 0. The fourth-order valence-electron chi connectivity index (χ4n) is 2.54. The third-order valence-corrected chi connectivity index (χ3v) is 3.66. The Hall–Kier alpha value is -0.550. The number of piperidine rings is 1. The standard InChI is InChI=1S/C13H27N.CN/c1-3-5-7-13-8-11-14(12-9-13)10-6-4-2;1-2/h13H,3-12H2,1-2H3;/q;-1/p+1. The molecule has 0 unspecified atom stereocenters. The summed E-state index contributed by atoms with van der Waals surface area (Å²) < 4.78 is 0. The lowest BCUT2D eigenvalue weighted by molar-refractivity contribution is -0.906. The Kier molecular flexibility index (Phi) is 10.6. The van der Waals surface area contributed by atoms with E-state index in [2.05, 4.69) is 13.8 Å². The molecule has 1 aliphatic heterocycles. The van der Waals surface area contributed by atoms with Gasteiger partial charge >= 0.3 is 0 Å². The fourth-order valence-corrected chi connectivity index (χ4v) is 2.54. The van der Waals surface area contributed by atoms with Crippen LogP contribution in [0.4, 0.5) is 0 Å². The molecule has 0 saturated carbocycles. The molecule has 0 bridgehead atoms. The second kappa shape index (κ2) is 11.0. The number of nitrogens with zero attached hydrogens (tertiary/aromatic N) is 1. The normalized spacial score (nSPS) is 24.5. The van der Waals surface area contributed by atoms with Crippen molar-refractivity contribution in [3.8, 4) is 0 Å². The van der Waals surface area contributed by atoms with Gasteiger partial charge in [-0.25, -0.2) is 0 Å². The van der Waals surface area contributed by atoms with Gasteiger partial charge in [0.25, 0.3) is 0 Å². The van der Waals surface area contributed by atoms with Crippen LogP contribution in [0.15, 0.2) is 0 Å². The zero-order chi connectivity index (χ0) is 12.2. The molecule has 2 nitrogen and oxygen atoms in total. The Bertz CT molecular complexity index is 141. The maximum absolute atomic E-state index is 6.25. The van der Waals surface area contributed by atoms with Crippen LogP contribution < -0.4 is 4.90 Å². The highest BCUT2D eigenvalue weighted by molar-refractivity contribution is 4.62. The van der Waals surface area contributed by atoms with Crippen LogP contribution >= 0.6 is 0 Å². The maximum atomic E-state index is 6.25. The lowest BCUT2D eigenvalue weighted by Gasteiger charge is -2.29. The summed E-state index contributed by atoms with van der Waals surface area (Å²) in [4.78, 5) is 1.87. The molecule has 1 aliphatic rings. The van der Waals surface area contributed by atoms with Gasteiger partial charge in [-0.2, -0.15) is 0 Å². The van der Waals surface area contributed by atoms with Gasteiger partial charge in [-0.05, 0) is 25.2 Å². The van der Waals surface area contributed by atoms with E-state index in [0.717, 1.165) is 5.92 Å². The second-order valence-electron chi connectivity index (χ2n) is 4.94. The summed E-state index contributed by atoms with van der Waals surface area (Å²) in [5.41, 5.74) is 0. The first kappa shape index (κ1) is 15.4. The van der Waals surface area contributed by atoms with Crippen LogP contribution in [0.2, 0.25) is 0 Å². The van der Waals surface area contributed by atoms with Crippen LogP contribution in [0, 0.1) is 17.8 Å². The molecule has 1 fully saturated rings. The van der Waals surface area contributed by atoms with E-state index in [1.165, 1.54) is 64.6 Å². The van der Waals surface area contributed by atoms with E-state index in [1.807, 2.05) is 4.90 Å². The van der Waals surface area contributed by atoms with Crippen molar-refractivity contribution in [1.82, 2.24) is 0 Å². The molecule has 0 aromatic heterocycles. The number of rotatable bonds is 6. The molecule has 1 rings (SSSR count). The zero-order valence-electron chi connectivity index (χ0n) is 11.1. The van der Waals surface area contributed by atoms with Crippen molar-refractivity contribution in [2.24, 2.45) is 5.92 Å². The smallest absolute Gasteiger partial charge is 0.0773 e. The average Bonchev–Trinajstić information content (AvgIpc) is 2.37. The summed E-state index contributed by atoms with van der Waals surface area (Å²) in [6.45, 7) is 13.7. The molecule has 0 atom stereocenters. The Morgan fingerprint density at radius 2 is 1.62 bits per heavy atom. The Balaban J connectivity index is 0.00000106. The van der Waals surface area contributed by atoms with E-state index >= 15 is 0 Å². The molecule has 16 heavy (non-hydrogen) atoms. The third kappa shape index (κ3) is 6.85. The minimum absolute atomic E-state index is 1.07. The lowest BCUT2D eigenvalue weighted by Crippen LogP contribution is -3.13. The first-order chi connectivity index (χ1) is 7.86. The van der Waals surface area contributed by atoms with E-state index in [1.54, 1.807) is 0 Å². The monoisotopic (exact) mass is 224 g/mol. The van der Waals surface area contributed by atoms with Gasteiger partial charge in [0, 0.05) is 0 Å². The van der Waals surface area contributed by atoms with E-state index in [9.17, 15) is 0 Å². The molecular weight excluding hydrogens is 196 g/mol. The van der Waals surface area contributed by atoms with Gasteiger partial charge in [0.1, 0.15) is 0 Å². The Morgan fingerprint density at radius 3 is 2.12 bits per heavy atom. The number of unbranched alkanes of at least 4 members (excludes halogenated alkanes) is 2. The zero-order valence-corrected chi connectivity index (χ0v) is 11.1. The van der Waals surface area contributed by atoms with Crippen LogP contribution in [-0.4, -0.2) is 19.6 Å². The highest BCUT2D eigenvalue weighted by Gasteiger charge is 2.20. The minimum atomic E-state index is 1.07. The summed E-state index contributed by atoms with van der Waals surface area (Å²) in [5.74, 6) is 1.07. The highest BCUT2D eigenvalue weighted by atomic mass is 15.1. The molecule has 0 spiro atoms. The molecule has 1 saturated heterocycles. The van der Waals surface area contributed by atoms with Gasteiger partial charge in [-0.3, -0.25) is 0 Å². The number of likely N-dealkylation sites (tertiary alicyclic amines) is 1. The average molecular weight is 224 g/mol. The number of hydrogen-bond acceptors (Lipinski definition) is 1. The van der Waals surface area contributed by atoms with Crippen molar-refractivity contribution in [2.45, 2.75) is 58.8 Å². The van der Waals surface area contributed by atoms with Crippen molar-refractivity contribution in [2.75, 3.05) is 19.6 Å². The van der Waals surface area contributed by atoms with Gasteiger partial charge < -0.3 is 16.7 Å². The number of hydrogen-bond donors (Lipinski definition) is 1.